The van der Waals surface area contributed by atoms with Crippen LogP contribution in [0.1, 0.15) is 20.8 Å². The van der Waals surface area contributed by atoms with E-state index in [1.807, 2.05) is 11.9 Å². The third-order valence-corrected chi connectivity index (χ3v) is 3.22. The van der Waals surface area contributed by atoms with Crippen LogP contribution >= 0.6 is 11.9 Å². The summed E-state index contributed by atoms with van der Waals surface area (Å²) in [5.41, 5.74) is 0. The normalized spacial score (nSPS) is 22.0. The number of hydrogen-bond donors (Lipinski definition) is 0. The van der Waals surface area contributed by atoms with Gasteiger partial charge in [0.2, 0.25) is 0 Å². The van der Waals surface area contributed by atoms with Crippen molar-refractivity contribution in [2.75, 3.05) is 32.7 Å². The van der Waals surface area contributed by atoms with Gasteiger partial charge in [-0.3, -0.25) is 0 Å². The molecule has 0 bridgehead atoms. The molecule has 1 aliphatic rings. The number of rotatable bonds is 3. The van der Waals surface area contributed by atoms with Gasteiger partial charge in [-0.2, -0.15) is 0 Å². The van der Waals surface area contributed by atoms with Crippen LogP contribution in [0, 0.1) is 0 Å². The van der Waals surface area contributed by atoms with E-state index in [4.69, 9.17) is 0 Å². The zero-order valence-electron chi connectivity index (χ0n) is 8.42. The summed E-state index contributed by atoms with van der Waals surface area (Å²) >= 11 is 1.99. The zero-order valence-corrected chi connectivity index (χ0v) is 9.23. The summed E-state index contributed by atoms with van der Waals surface area (Å²) in [5, 5.41) is 0.734. The van der Waals surface area contributed by atoms with E-state index >= 15 is 0 Å². The fourth-order valence-electron chi connectivity index (χ4n) is 1.45. The predicted molar refractivity (Wildman–Crippen MR) is 56.4 cm³/mol. The van der Waals surface area contributed by atoms with Crippen molar-refractivity contribution >= 4 is 11.9 Å². The summed E-state index contributed by atoms with van der Waals surface area (Å²) in [6, 6.07) is 0. The molecular weight excluding hydrogens is 168 g/mol. The maximum atomic E-state index is 2.51. The second-order valence-corrected chi connectivity index (χ2v) is 5.19. The van der Waals surface area contributed by atoms with Gasteiger partial charge in [-0.05, 0) is 6.54 Å². The average molecular weight is 188 g/mol. The Morgan fingerprint density at radius 3 is 2.17 bits per heavy atom. The first-order valence-electron chi connectivity index (χ1n) is 4.86. The molecule has 1 fully saturated rings. The molecule has 0 spiro atoms. The Kier molecular flexibility index (Phi) is 4.40. The van der Waals surface area contributed by atoms with E-state index in [9.17, 15) is 0 Å². The highest BCUT2D eigenvalue weighted by Crippen LogP contribution is 2.17. The molecule has 72 valence electrons. The van der Waals surface area contributed by atoms with E-state index < -0.39 is 0 Å². The standard InChI is InChI=1S/C9H20N2S/c1-4-10-5-7-11(8-6-10)12-9(2)3/h9H,4-8H2,1-3H3. The lowest BCUT2D eigenvalue weighted by Crippen LogP contribution is -2.43. The van der Waals surface area contributed by atoms with Crippen molar-refractivity contribution in [2.45, 2.75) is 26.0 Å². The number of piperazine rings is 1. The molecule has 1 saturated heterocycles. The molecule has 0 amide bonds. The van der Waals surface area contributed by atoms with Crippen molar-refractivity contribution in [2.24, 2.45) is 0 Å². The summed E-state index contributed by atoms with van der Waals surface area (Å²) < 4.78 is 2.50. The summed E-state index contributed by atoms with van der Waals surface area (Å²) in [4.78, 5) is 2.51. The van der Waals surface area contributed by atoms with Crippen molar-refractivity contribution in [1.29, 1.82) is 0 Å². The van der Waals surface area contributed by atoms with E-state index in [0.717, 1.165) is 5.25 Å². The second kappa shape index (κ2) is 5.10. The maximum absolute atomic E-state index is 2.51. The molecule has 0 aliphatic carbocycles. The van der Waals surface area contributed by atoms with Gasteiger partial charge in [0.1, 0.15) is 0 Å². The van der Waals surface area contributed by atoms with Crippen LogP contribution in [0.25, 0.3) is 0 Å². The third kappa shape index (κ3) is 3.33. The van der Waals surface area contributed by atoms with Gasteiger partial charge in [-0.15, -0.1) is 0 Å². The highest BCUT2D eigenvalue weighted by Gasteiger charge is 2.16. The summed E-state index contributed by atoms with van der Waals surface area (Å²) in [5.74, 6) is 0. The first-order chi connectivity index (χ1) is 5.72. The lowest BCUT2D eigenvalue weighted by atomic mass is 10.4. The molecule has 3 heteroatoms. The smallest absolute Gasteiger partial charge is 0.0218 e. The van der Waals surface area contributed by atoms with Gasteiger partial charge in [-0.1, -0.05) is 32.7 Å². The lowest BCUT2D eigenvalue weighted by molar-refractivity contribution is 0.205. The lowest BCUT2D eigenvalue weighted by Gasteiger charge is -2.33. The Morgan fingerprint density at radius 1 is 1.17 bits per heavy atom. The van der Waals surface area contributed by atoms with Gasteiger partial charge >= 0.3 is 0 Å². The quantitative estimate of drug-likeness (QED) is 0.622. The molecule has 0 unspecified atom stereocenters. The average Bonchev–Trinajstić information content (AvgIpc) is 2.05. The van der Waals surface area contributed by atoms with Crippen LogP contribution in [-0.2, 0) is 0 Å². The van der Waals surface area contributed by atoms with Crippen LogP contribution in [0.4, 0.5) is 0 Å². The van der Waals surface area contributed by atoms with Crippen LogP contribution in [0.5, 0.6) is 0 Å². The molecule has 2 nitrogen and oxygen atoms in total. The minimum atomic E-state index is 0.734. The number of hydrogen-bond acceptors (Lipinski definition) is 3. The van der Waals surface area contributed by atoms with Crippen molar-refractivity contribution in [1.82, 2.24) is 9.21 Å². The van der Waals surface area contributed by atoms with Gasteiger partial charge in [0.05, 0.1) is 0 Å². The molecule has 1 heterocycles. The molecule has 0 aromatic carbocycles. The molecule has 0 radical (unpaired) electrons. The Balaban J connectivity index is 2.17. The van der Waals surface area contributed by atoms with E-state index in [1.54, 1.807) is 0 Å². The Morgan fingerprint density at radius 2 is 1.75 bits per heavy atom. The van der Waals surface area contributed by atoms with Gasteiger partial charge < -0.3 is 4.90 Å². The summed E-state index contributed by atoms with van der Waals surface area (Å²) in [7, 11) is 0. The van der Waals surface area contributed by atoms with Gasteiger partial charge in [-0.25, -0.2) is 4.31 Å². The molecule has 0 saturated carbocycles. The fraction of sp³-hybridized carbons (Fsp3) is 1.00. The summed E-state index contributed by atoms with van der Waals surface area (Å²) in [6.07, 6.45) is 0. The molecule has 12 heavy (non-hydrogen) atoms. The molecular formula is C9H20N2S. The van der Waals surface area contributed by atoms with Gasteiger partial charge in [0, 0.05) is 31.4 Å². The van der Waals surface area contributed by atoms with Gasteiger partial charge in [0.15, 0.2) is 0 Å². The number of nitrogens with zero attached hydrogens (tertiary/aromatic N) is 2. The Bertz CT molecular complexity index is 120. The van der Waals surface area contributed by atoms with E-state index in [2.05, 4.69) is 30.0 Å². The van der Waals surface area contributed by atoms with E-state index in [0.29, 0.717) is 0 Å². The number of likely N-dealkylation sites (N-methyl/N-ethyl adjacent to an activating group) is 1. The fourth-order valence-corrected chi connectivity index (χ4v) is 2.42. The predicted octanol–water partition coefficient (Wildman–Crippen LogP) is 1.68. The van der Waals surface area contributed by atoms with Crippen LogP contribution < -0.4 is 0 Å². The van der Waals surface area contributed by atoms with Crippen molar-refractivity contribution < 1.29 is 0 Å². The SMILES string of the molecule is CCN1CCN(SC(C)C)CC1. The first-order valence-corrected chi connectivity index (χ1v) is 5.70. The largest absolute Gasteiger partial charge is 0.301 e. The molecule has 1 rings (SSSR count). The molecule has 0 N–H and O–H groups in total. The van der Waals surface area contributed by atoms with Crippen LogP contribution in [0.3, 0.4) is 0 Å². The third-order valence-electron chi connectivity index (χ3n) is 2.14. The topological polar surface area (TPSA) is 6.48 Å². The molecule has 1 aliphatic heterocycles. The Hall–Kier alpha value is 0.270. The molecule has 0 atom stereocenters. The zero-order chi connectivity index (χ0) is 8.97. The first kappa shape index (κ1) is 10.4. The second-order valence-electron chi connectivity index (χ2n) is 3.52. The van der Waals surface area contributed by atoms with Crippen LogP contribution in [-0.4, -0.2) is 47.2 Å². The Labute approximate surface area is 80.4 Å². The maximum Gasteiger partial charge on any atom is 0.0218 e. The highest BCUT2D eigenvalue weighted by molar-refractivity contribution is 7.97. The van der Waals surface area contributed by atoms with E-state index in [1.165, 1.54) is 32.7 Å². The van der Waals surface area contributed by atoms with Crippen molar-refractivity contribution in [3.05, 3.63) is 0 Å². The highest BCUT2D eigenvalue weighted by atomic mass is 32.2. The molecule has 0 aromatic rings. The molecule has 0 aromatic heterocycles. The minimum absolute atomic E-state index is 0.734. The van der Waals surface area contributed by atoms with Gasteiger partial charge in [0.25, 0.3) is 0 Å². The van der Waals surface area contributed by atoms with Crippen LogP contribution in [0.15, 0.2) is 0 Å². The van der Waals surface area contributed by atoms with Crippen molar-refractivity contribution in [3.8, 4) is 0 Å². The van der Waals surface area contributed by atoms with Crippen LogP contribution in [0.2, 0.25) is 0 Å². The van der Waals surface area contributed by atoms with E-state index in [-0.39, 0.29) is 0 Å². The van der Waals surface area contributed by atoms with Crippen molar-refractivity contribution in [3.63, 3.8) is 0 Å². The monoisotopic (exact) mass is 188 g/mol. The summed E-state index contributed by atoms with van der Waals surface area (Å²) in [6.45, 7) is 12.9. The minimum Gasteiger partial charge on any atom is -0.301 e.